The van der Waals surface area contributed by atoms with Gasteiger partial charge < -0.3 is 14.9 Å². The van der Waals surface area contributed by atoms with Gasteiger partial charge in [-0.3, -0.25) is 4.79 Å². The number of hydrogen-bond donors (Lipinski definition) is 1. The van der Waals surface area contributed by atoms with Crippen LogP contribution in [0.3, 0.4) is 0 Å². The van der Waals surface area contributed by atoms with Crippen molar-refractivity contribution in [3.8, 4) is 0 Å². The van der Waals surface area contributed by atoms with E-state index >= 15 is 0 Å². The third-order valence-corrected chi connectivity index (χ3v) is 4.72. The molecule has 0 aromatic carbocycles. The molecule has 3 fully saturated rings. The fraction of sp³-hybridized carbons (Fsp3) is 0.929. The second-order valence-electron chi connectivity index (χ2n) is 6.59. The first-order valence-electron chi connectivity index (χ1n) is 7.32. The number of hydrogen-bond acceptors (Lipinski definition) is 3. The molecule has 0 radical (unpaired) electrons. The van der Waals surface area contributed by atoms with Gasteiger partial charge in [-0.05, 0) is 37.0 Å². The van der Waals surface area contributed by atoms with Gasteiger partial charge in [-0.2, -0.15) is 0 Å². The highest BCUT2D eigenvalue weighted by Crippen LogP contribution is 2.49. The van der Waals surface area contributed by atoms with E-state index in [1.807, 2.05) is 0 Å². The SMILES string of the molecule is O=C(O)CC1(CN2CCN(CC3CC3)CC2)CC1. The second kappa shape index (κ2) is 4.82. The second-order valence-corrected chi connectivity index (χ2v) is 6.59. The summed E-state index contributed by atoms with van der Waals surface area (Å²) in [5.41, 5.74) is 0.129. The molecule has 0 bridgehead atoms. The first-order valence-corrected chi connectivity index (χ1v) is 7.32. The Hall–Kier alpha value is -0.610. The molecule has 0 amide bonds. The number of nitrogens with zero attached hydrogens (tertiary/aromatic N) is 2. The number of carbonyl (C=O) groups is 1. The number of rotatable bonds is 6. The van der Waals surface area contributed by atoms with Crippen molar-refractivity contribution < 1.29 is 9.90 Å². The molecule has 1 heterocycles. The predicted octanol–water partition coefficient (Wildman–Crippen LogP) is 1.27. The maximum absolute atomic E-state index is 10.9. The minimum absolute atomic E-state index is 0.129. The Kier molecular flexibility index (Phi) is 3.32. The summed E-state index contributed by atoms with van der Waals surface area (Å²) in [6, 6.07) is 0. The van der Waals surface area contributed by atoms with Crippen LogP contribution in [0.4, 0.5) is 0 Å². The molecule has 0 aromatic rings. The summed E-state index contributed by atoms with van der Waals surface area (Å²) in [6.07, 6.45) is 5.46. The van der Waals surface area contributed by atoms with Crippen LogP contribution >= 0.6 is 0 Å². The van der Waals surface area contributed by atoms with E-state index in [4.69, 9.17) is 5.11 Å². The van der Waals surface area contributed by atoms with Gasteiger partial charge in [0.2, 0.25) is 0 Å². The summed E-state index contributed by atoms with van der Waals surface area (Å²) in [6.45, 7) is 6.94. The van der Waals surface area contributed by atoms with E-state index < -0.39 is 5.97 Å². The van der Waals surface area contributed by atoms with E-state index in [9.17, 15) is 4.79 Å². The molecule has 0 spiro atoms. The Morgan fingerprint density at radius 1 is 1.11 bits per heavy atom. The number of carboxylic acid groups (broad SMARTS) is 1. The van der Waals surface area contributed by atoms with Crippen molar-refractivity contribution in [2.24, 2.45) is 11.3 Å². The fourth-order valence-corrected chi connectivity index (χ4v) is 3.16. The van der Waals surface area contributed by atoms with Crippen LogP contribution < -0.4 is 0 Å². The normalized spacial score (nSPS) is 28.2. The van der Waals surface area contributed by atoms with Crippen molar-refractivity contribution in [3.63, 3.8) is 0 Å². The van der Waals surface area contributed by atoms with Crippen LogP contribution in [0.15, 0.2) is 0 Å². The lowest BCUT2D eigenvalue weighted by atomic mass is 10.0. The summed E-state index contributed by atoms with van der Waals surface area (Å²) < 4.78 is 0. The van der Waals surface area contributed by atoms with E-state index in [0.29, 0.717) is 6.42 Å². The van der Waals surface area contributed by atoms with Gasteiger partial charge in [-0.15, -0.1) is 0 Å². The Labute approximate surface area is 109 Å². The highest BCUT2D eigenvalue weighted by Gasteiger charge is 2.45. The summed E-state index contributed by atoms with van der Waals surface area (Å²) in [5.74, 6) is 0.359. The zero-order valence-electron chi connectivity index (χ0n) is 11.1. The van der Waals surface area contributed by atoms with Gasteiger partial charge in [0.15, 0.2) is 0 Å². The maximum atomic E-state index is 10.9. The predicted molar refractivity (Wildman–Crippen MR) is 69.5 cm³/mol. The number of aliphatic carboxylic acids is 1. The molecule has 4 heteroatoms. The van der Waals surface area contributed by atoms with Crippen molar-refractivity contribution in [2.75, 3.05) is 39.3 Å². The molecule has 1 N–H and O–H groups in total. The number of carboxylic acids is 1. The smallest absolute Gasteiger partial charge is 0.303 e. The van der Waals surface area contributed by atoms with Crippen molar-refractivity contribution in [1.82, 2.24) is 9.80 Å². The molecule has 102 valence electrons. The maximum Gasteiger partial charge on any atom is 0.303 e. The molecular formula is C14H24N2O2. The van der Waals surface area contributed by atoms with Crippen LogP contribution in [0, 0.1) is 11.3 Å². The van der Waals surface area contributed by atoms with E-state index in [1.54, 1.807) is 0 Å². The van der Waals surface area contributed by atoms with Crippen molar-refractivity contribution >= 4 is 5.97 Å². The van der Waals surface area contributed by atoms with Crippen molar-refractivity contribution in [2.45, 2.75) is 32.1 Å². The molecule has 3 rings (SSSR count). The molecule has 0 aromatic heterocycles. The molecule has 2 aliphatic carbocycles. The monoisotopic (exact) mass is 252 g/mol. The van der Waals surface area contributed by atoms with Crippen molar-refractivity contribution in [3.05, 3.63) is 0 Å². The van der Waals surface area contributed by atoms with Gasteiger partial charge in [0.05, 0.1) is 6.42 Å². The molecular weight excluding hydrogens is 228 g/mol. The summed E-state index contributed by atoms with van der Waals surface area (Å²) in [5, 5.41) is 8.94. The highest BCUT2D eigenvalue weighted by molar-refractivity contribution is 5.68. The Balaban J connectivity index is 1.41. The largest absolute Gasteiger partial charge is 0.481 e. The quantitative estimate of drug-likeness (QED) is 0.773. The van der Waals surface area contributed by atoms with E-state index in [-0.39, 0.29) is 5.41 Å². The van der Waals surface area contributed by atoms with E-state index in [0.717, 1.165) is 38.4 Å². The van der Waals surface area contributed by atoms with Gasteiger partial charge in [-0.25, -0.2) is 0 Å². The molecule has 1 saturated heterocycles. The lowest BCUT2D eigenvalue weighted by molar-refractivity contribution is -0.138. The Bertz CT molecular complexity index is 316. The molecule has 0 atom stereocenters. The van der Waals surface area contributed by atoms with Gasteiger partial charge in [0, 0.05) is 39.3 Å². The minimum atomic E-state index is -0.625. The molecule has 2 saturated carbocycles. The standard InChI is InChI=1S/C14H24N2O2/c17-13(18)9-14(3-4-14)11-16-7-5-15(6-8-16)10-12-1-2-12/h12H,1-11H2,(H,17,18). The van der Waals surface area contributed by atoms with Gasteiger partial charge in [-0.1, -0.05) is 0 Å². The van der Waals surface area contributed by atoms with Crippen LogP contribution in [0.25, 0.3) is 0 Å². The molecule has 3 aliphatic rings. The third-order valence-electron chi connectivity index (χ3n) is 4.72. The van der Waals surface area contributed by atoms with Crippen LogP contribution in [-0.4, -0.2) is 60.1 Å². The lowest BCUT2D eigenvalue weighted by Gasteiger charge is -2.36. The van der Waals surface area contributed by atoms with Gasteiger partial charge >= 0.3 is 5.97 Å². The third kappa shape index (κ3) is 3.23. The molecule has 1 aliphatic heterocycles. The Morgan fingerprint density at radius 3 is 2.22 bits per heavy atom. The summed E-state index contributed by atoms with van der Waals surface area (Å²) in [4.78, 5) is 15.9. The Morgan fingerprint density at radius 2 is 1.72 bits per heavy atom. The van der Waals surface area contributed by atoms with E-state index in [2.05, 4.69) is 9.80 Å². The summed E-state index contributed by atoms with van der Waals surface area (Å²) >= 11 is 0. The first-order chi connectivity index (χ1) is 8.65. The fourth-order valence-electron chi connectivity index (χ4n) is 3.16. The van der Waals surface area contributed by atoms with E-state index in [1.165, 1.54) is 32.5 Å². The highest BCUT2D eigenvalue weighted by atomic mass is 16.4. The average Bonchev–Trinajstić information content (AvgIpc) is 3.20. The zero-order valence-corrected chi connectivity index (χ0v) is 11.1. The average molecular weight is 252 g/mol. The number of piperazine rings is 1. The molecule has 18 heavy (non-hydrogen) atoms. The van der Waals surface area contributed by atoms with Gasteiger partial charge in [0.25, 0.3) is 0 Å². The lowest BCUT2D eigenvalue weighted by Crippen LogP contribution is -2.48. The van der Waals surface area contributed by atoms with Crippen molar-refractivity contribution in [1.29, 1.82) is 0 Å². The topological polar surface area (TPSA) is 43.8 Å². The van der Waals surface area contributed by atoms with Crippen LogP contribution in [0.1, 0.15) is 32.1 Å². The van der Waals surface area contributed by atoms with Crippen LogP contribution in [0.5, 0.6) is 0 Å². The van der Waals surface area contributed by atoms with Crippen LogP contribution in [0.2, 0.25) is 0 Å². The molecule has 0 unspecified atom stereocenters. The minimum Gasteiger partial charge on any atom is -0.481 e. The first kappa shape index (κ1) is 12.4. The zero-order chi connectivity index (χ0) is 12.6. The van der Waals surface area contributed by atoms with Crippen LogP contribution in [-0.2, 0) is 4.79 Å². The van der Waals surface area contributed by atoms with Gasteiger partial charge in [0.1, 0.15) is 0 Å². The summed E-state index contributed by atoms with van der Waals surface area (Å²) in [7, 11) is 0. The molecule has 4 nitrogen and oxygen atoms in total.